The minimum absolute atomic E-state index is 0.148. The maximum atomic E-state index is 12.9. The Morgan fingerprint density at radius 2 is 1.95 bits per heavy atom. The fraction of sp³-hybridized carbons (Fsp3) is 0.231. The molecule has 19 heavy (non-hydrogen) atoms. The molecule has 0 aliphatic rings. The van der Waals surface area contributed by atoms with Crippen LogP contribution in [0.15, 0.2) is 24.3 Å². The first kappa shape index (κ1) is 13.1. The van der Waals surface area contributed by atoms with Gasteiger partial charge < -0.3 is 10.0 Å². The van der Waals surface area contributed by atoms with E-state index in [1.54, 1.807) is 38.1 Å². The average Bonchev–Trinajstić information content (AvgIpc) is 2.64. The number of carboxylic acid groups (broad SMARTS) is 1. The quantitative estimate of drug-likeness (QED) is 0.923. The number of nitrogens with zero attached hydrogens (tertiary/aromatic N) is 3. The van der Waals surface area contributed by atoms with Crippen molar-refractivity contribution in [1.82, 2.24) is 9.78 Å². The second-order valence-corrected chi connectivity index (χ2v) is 4.25. The number of aromatic nitrogens is 2. The molecule has 6 heteroatoms. The van der Waals surface area contributed by atoms with E-state index in [1.807, 2.05) is 0 Å². The SMILES string of the molecule is Cc1nn(C)c(N(C)c2ccc(F)cc2)c1C(=O)O. The van der Waals surface area contributed by atoms with Crippen LogP contribution in [-0.2, 0) is 7.05 Å². The van der Waals surface area contributed by atoms with Crippen LogP contribution in [0.25, 0.3) is 0 Å². The average molecular weight is 263 g/mol. The predicted octanol–water partition coefficient (Wildman–Crippen LogP) is 2.33. The molecule has 0 radical (unpaired) electrons. The zero-order chi connectivity index (χ0) is 14.2. The van der Waals surface area contributed by atoms with Gasteiger partial charge in [-0.05, 0) is 31.2 Å². The summed E-state index contributed by atoms with van der Waals surface area (Å²) in [6.45, 7) is 1.64. The summed E-state index contributed by atoms with van der Waals surface area (Å²) >= 11 is 0. The summed E-state index contributed by atoms with van der Waals surface area (Å²) in [5.41, 5.74) is 1.28. The Kier molecular flexibility index (Phi) is 3.25. The summed E-state index contributed by atoms with van der Waals surface area (Å²) in [6.07, 6.45) is 0. The number of rotatable bonds is 3. The molecule has 0 spiro atoms. The summed E-state index contributed by atoms with van der Waals surface area (Å²) in [5, 5.41) is 13.4. The van der Waals surface area contributed by atoms with Gasteiger partial charge in [-0.2, -0.15) is 5.10 Å². The van der Waals surface area contributed by atoms with E-state index in [0.29, 0.717) is 17.2 Å². The van der Waals surface area contributed by atoms with Gasteiger partial charge in [0.25, 0.3) is 0 Å². The Labute approximate surface area is 109 Å². The molecule has 0 aliphatic heterocycles. The molecule has 2 aromatic rings. The van der Waals surface area contributed by atoms with E-state index in [0.717, 1.165) is 0 Å². The normalized spacial score (nSPS) is 10.5. The van der Waals surface area contributed by atoms with Crippen molar-refractivity contribution in [3.05, 3.63) is 41.3 Å². The molecule has 0 aliphatic carbocycles. The molecule has 0 fully saturated rings. The molecular formula is C13H14FN3O2. The van der Waals surface area contributed by atoms with E-state index in [1.165, 1.54) is 16.8 Å². The van der Waals surface area contributed by atoms with Gasteiger partial charge in [-0.25, -0.2) is 9.18 Å². The fourth-order valence-corrected chi connectivity index (χ4v) is 2.07. The van der Waals surface area contributed by atoms with Crippen LogP contribution in [0.5, 0.6) is 0 Å². The van der Waals surface area contributed by atoms with Crippen LogP contribution in [0.2, 0.25) is 0 Å². The van der Waals surface area contributed by atoms with E-state index >= 15 is 0 Å². The summed E-state index contributed by atoms with van der Waals surface area (Å²) in [4.78, 5) is 13.0. The maximum Gasteiger partial charge on any atom is 0.341 e. The van der Waals surface area contributed by atoms with Gasteiger partial charge in [0.2, 0.25) is 0 Å². The number of aryl methyl sites for hydroxylation is 2. The van der Waals surface area contributed by atoms with Gasteiger partial charge >= 0.3 is 5.97 Å². The number of halogens is 1. The smallest absolute Gasteiger partial charge is 0.341 e. The molecule has 0 amide bonds. The van der Waals surface area contributed by atoms with Crippen molar-refractivity contribution in [2.45, 2.75) is 6.92 Å². The van der Waals surface area contributed by atoms with Gasteiger partial charge in [0.1, 0.15) is 17.2 Å². The molecule has 100 valence electrons. The Balaban J connectivity index is 2.52. The highest BCUT2D eigenvalue weighted by Crippen LogP contribution is 2.28. The zero-order valence-electron chi connectivity index (χ0n) is 10.9. The van der Waals surface area contributed by atoms with Crippen LogP contribution >= 0.6 is 0 Å². The summed E-state index contributed by atoms with van der Waals surface area (Å²) in [6, 6.07) is 5.83. The molecule has 2 rings (SSSR count). The second kappa shape index (κ2) is 4.72. The highest BCUT2D eigenvalue weighted by atomic mass is 19.1. The molecule has 0 saturated carbocycles. The van der Waals surface area contributed by atoms with Crippen LogP contribution in [0.1, 0.15) is 16.1 Å². The number of carboxylic acids is 1. The molecule has 5 nitrogen and oxygen atoms in total. The van der Waals surface area contributed by atoms with Crippen LogP contribution < -0.4 is 4.90 Å². The second-order valence-electron chi connectivity index (χ2n) is 4.25. The van der Waals surface area contributed by atoms with Crippen molar-refractivity contribution in [3.63, 3.8) is 0 Å². The fourth-order valence-electron chi connectivity index (χ4n) is 2.07. The Morgan fingerprint density at radius 1 is 1.37 bits per heavy atom. The first-order valence-corrected chi connectivity index (χ1v) is 5.68. The minimum Gasteiger partial charge on any atom is -0.477 e. The largest absolute Gasteiger partial charge is 0.477 e. The molecular weight excluding hydrogens is 249 g/mol. The van der Waals surface area contributed by atoms with Crippen molar-refractivity contribution in [2.24, 2.45) is 7.05 Å². The van der Waals surface area contributed by atoms with Gasteiger partial charge in [-0.15, -0.1) is 0 Å². The van der Waals surface area contributed by atoms with Crippen LogP contribution in [0, 0.1) is 12.7 Å². The first-order valence-electron chi connectivity index (χ1n) is 5.68. The van der Waals surface area contributed by atoms with Crippen molar-refractivity contribution in [1.29, 1.82) is 0 Å². The topological polar surface area (TPSA) is 58.4 Å². The van der Waals surface area contributed by atoms with E-state index < -0.39 is 5.97 Å². The number of benzene rings is 1. The summed E-state index contributed by atoms with van der Waals surface area (Å²) < 4.78 is 14.4. The zero-order valence-corrected chi connectivity index (χ0v) is 10.9. The Bertz CT molecular complexity index is 620. The minimum atomic E-state index is -1.03. The number of hydrogen-bond acceptors (Lipinski definition) is 3. The Hall–Kier alpha value is -2.37. The number of aromatic carboxylic acids is 1. The van der Waals surface area contributed by atoms with E-state index in [4.69, 9.17) is 0 Å². The molecule has 0 saturated heterocycles. The highest BCUT2D eigenvalue weighted by molar-refractivity contribution is 5.95. The standard InChI is InChI=1S/C13H14FN3O2/c1-8-11(13(18)19)12(17(3)15-8)16(2)10-6-4-9(14)5-7-10/h4-7H,1-3H3,(H,18,19). The van der Waals surface area contributed by atoms with Crippen LogP contribution in [-0.4, -0.2) is 27.9 Å². The third kappa shape index (κ3) is 2.29. The molecule has 0 atom stereocenters. The van der Waals surface area contributed by atoms with Crippen molar-refractivity contribution in [2.75, 3.05) is 11.9 Å². The van der Waals surface area contributed by atoms with Crippen LogP contribution in [0.4, 0.5) is 15.9 Å². The number of hydrogen-bond donors (Lipinski definition) is 1. The predicted molar refractivity (Wildman–Crippen MR) is 69.4 cm³/mol. The lowest BCUT2D eigenvalue weighted by Crippen LogP contribution is -2.16. The van der Waals surface area contributed by atoms with Gasteiger partial charge in [-0.1, -0.05) is 0 Å². The van der Waals surface area contributed by atoms with Crippen molar-refractivity contribution < 1.29 is 14.3 Å². The number of carbonyl (C=O) groups is 1. The van der Waals surface area contributed by atoms with Gasteiger partial charge in [0.05, 0.1) is 5.69 Å². The third-order valence-electron chi connectivity index (χ3n) is 2.94. The lowest BCUT2D eigenvalue weighted by Gasteiger charge is -2.20. The van der Waals surface area contributed by atoms with Crippen molar-refractivity contribution >= 4 is 17.5 Å². The maximum absolute atomic E-state index is 12.9. The highest BCUT2D eigenvalue weighted by Gasteiger charge is 2.23. The Morgan fingerprint density at radius 3 is 2.47 bits per heavy atom. The van der Waals surface area contributed by atoms with E-state index in [2.05, 4.69) is 5.10 Å². The van der Waals surface area contributed by atoms with E-state index in [-0.39, 0.29) is 11.4 Å². The van der Waals surface area contributed by atoms with Crippen LogP contribution in [0.3, 0.4) is 0 Å². The molecule has 1 N–H and O–H groups in total. The lowest BCUT2D eigenvalue weighted by molar-refractivity contribution is 0.0697. The lowest BCUT2D eigenvalue weighted by atomic mass is 10.2. The number of anilines is 2. The summed E-state index contributed by atoms with van der Waals surface area (Å²) in [5.74, 6) is -0.914. The van der Waals surface area contributed by atoms with E-state index in [9.17, 15) is 14.3 Å². The molecule has 1 aromatic heterocycles. The van der Waals surface area contributed by atoms with Gasteiger partial charge in [0.15, 0.2) is 0 Å². The van der Waals surface area contributed by atoms with Crippen molar-refractivity contribution in [3.8, 4) is 0 Å². The molecule has 0 unspecified atom stereocenters. The third-order valence-corrected chi connectivity index (χ3v) is 2.94. The molecule has 1 heterocycles. The van der Waals surface area contributed by atoms with Gasteiger partial charge in [0, 0.05) is 19.8 Å². The first-order chi connectivity index (χ1) is 8.91. The molecule has 1 aromatic carbocycles. The van der Waals surface area contributed by atoms with Gasteiger partial charge in [-0.3, -0.25) is 4.68 Å². The monoisotopic (exact) mass is 263 g/mol. The summed E-state index contributed by atoms with van der Waals surface area (Å²) in [7, 11) is 3.39. The molecule has 0 bridgehead atoms.